The van der Waals surface area contributed by atoms with Gasteiger partial charge in [0.1, 0.15) is 5.69 Å². The Balaban J connectivity index is 1.88. The molecule has 26 heavy (non-hydrogen) atoms. The van der Waals surface area contributed by atoms with Crippen LogP contribution in [-0.4, -0.2) is 32.2 Å². The molecule has 7 nitrogen and oxygen atoms in total. The second-order valence-electron chi connectivity index (χ2n) is 6.66. The van der Waals surface area contributed by atoms with Crippen LogP contribution in [-0.2, 0) is 14.3 Å². The van der Waals surface area contributed by atoms with Crippen LogP contribution in [0.5, 0.6) is 0 Å². The Labute approximate surface area is 162 Å². The van der Waals surface area contributed by atoms with Crippen molar-refractivity contribution in [3.05, 3.63) is 32.8 Å². The van der Waals surface area contributed by atoms with E-state index in [2.05, 4.69) is 21.2 Å². The van der Waals surface area contributed by atoms with Crippen LogP contribution >= 0.6 is 15.9 Å². The highest BCUT2D eigenvalue weighted by Crippen LogP contribution is 2.37. The van der Waals surface area contributed by atoms with Crippen molar-refractivity contribution >= 4 is 37.4 Å². The van der Waals surface area contributed by atoms with Crippen LogP contribution in [0.15, 0.2) is 22.7 Å². The highest BCUT2D eigenvalue weighted by Gasteiger charge is 2.26. The molecular formula is C17H25BrN2O5S. The number of rotatable bonds is 12. The summed E-state index contributed by atoms with van der Waals surface area (Å²) >= 11 is 3.25. The lowest BCUT2D eigenvalue weighted by Crippen LogP contribution is -2.17. The molecule has 1 aromatic rings. The van der Waals surface area contributed by atoms with Crippen molar-refractivity contribution in [1.29, 1.82) is 0 Å². The zero-order valence-electron chi connectivity index (χ0n) is 14.8. The van der Waals surface area contributed by atoms with Gasteiger partial charge in [0, 0.05) is 17.1 Å². The fourth-order valence-electron chi connectivity index (χ4n) is 2.83. The van der Waals surface area contributed by atoms with E-state index >= 15 is 0 Å². The van der Waals surface area contributed by atoms with Crippen LogP contribution in [0.4, 0.5) is 11.4 Å². The number of hydrogen-bond acceptors (Lipinski definition) is 6. The minimum absolute atomic E-state index is 0.0205. The Hall–Kier alpha value is -1.19. The van der Waals surface area contributed by atoms with Crippen LogP contribution in [0.1, 0.15) is 39.0 Å². The molecule has 1 aromatic carbocycles. The van der Waals surface area contributed by atoms with Gasteiger partial charge < -0.3 is 5.32 Å². The topological polar surface area (TPSA) is 98.5 Å². The van der Waals surface area contributed by atoms with Crippen LogP contribution in [0.2, 0.25) is 0 Å². The third-order valence-electron chi connectivity index (χ3n) is 4.47. The number of benzene rings is 1. The van der Waals surface area contributed by atoms with Crippen molar-refractivity contribution in [2.24, 2.45) is 11.8 Å². The molecule has 2 rings (SSSR count). The maximum absolute atomic E-state index is 11.4. The zero-order chi connectivity index (χ0) is 19.2. The molecule has 1 aliphatic carbocycles. The lowest BCUT2D eigenvalue weighted by molar-refractivity contribution is -0.384. The van der Waals surface area contributed by atoms with Crippen LogP contribution in [0.25, 0.3) is 0 Å². The molecule has 1 fully saturated rings. The molecule has 0 unspecified atom stereocenters. The predicted molar refractivity (Wildman–Crippen MR) is 105 cm³/mol. The van der Waals surface area contributed by atoms with Gasteiger partial charge in [-0.1, -0.05) is 28.8 Å². The van der Waals surface area contributed by atoms with E-state index < -0.39 is 15.0 Å². The molecule has 0 bridgehead atoms. The summed E-state index contributed by atoms with van der Waals surface area (Å²) in [5.74, 6) is 1.04. The normalized spacial score (nSPS) is 15.6. The summed E-state index contributed by atoms with van der Waals surface area (Å²) in [4.78, 5) is 10.8. The second kappa shape index (κ2) is 9.66. The summed E-state index contributed by atoms with van der Waals surface area (Å²) in [6.07, 6.45) is 5.00. The number of nitrogens with one attached hydrogen (secondary N) is 1. The fourth-order valence-corrected chi connectivity index (χ4v) is 3.72. The molecule has 0 amide bonds. The monoisotopic (exact) mass is 448 g/mol. The van der Waals surface area contributed by atoms with Gasteiger partial charge in [-0.2, -0.15) is 8.42 Å². The molecule has 0 radical (unpaired) electrons. The maximum Gasteiger partial charge on any atom is 0.293 e. The van der Waals surface area contributed by atoms with Crippen molar-refractivity contribution < 1.29 is 17.5 Å². The first-order valence-electron chi connectivity index (χ1n) is 8.85. The molecule has 0 aromatic heterocycles. The molecule has 146 valence electrons. The molecule has 1 N–H and O–H groups in total. The largest absolute Gasteiger partial charge is 0.379 e. The molecule has 1 aliphatic rings. The van der Waals surface area contributed by atoms with Gasteiger partial charge in [0.05, 0.1) is 17.3 Å². The first-order valence-corrected chi connectivity index (χ1v) is 11.2. The summed E-state index contributed by atoms with van der Waals surface area (Å²) in [5, 5.41) is 14.4. The second-order valence-corrected chi connectivity index (χ2v) is 9.50. The van der Waals surface area contributed by atoms with Crippen LogP contribution in [0.3, 0.4) is 0 Å². The third kappa shape index (κ3) is 7.20. The van der Waals surface area contributed by atoms with E-state index in [1.807, 2.05) is 0 Å². The first-order chi connectivity index (χ1) is 12.3. The van der Waals surface area contributed by atoms with E-state index in [-0.39, 0.29) is 18.0 Å². The number of nitrogens with zero attached hydrogens (tertiary/aromatic N) is 1. The van der Waals surface area contributed by atoms with Gasteiger partial charge in [0.25, 0.3) is 15.8 Å². The molecular weight excluding hydrogens is 424 g/mol. The molecule has 0 spiro atoms. The smallest absolute Gasteiger partial charge is 0.293 e. The van der Waals surface area contributed by atoms with Crippen molar-refractivity contribution in [3.63, 3.8) is 0 Å². The van der Waals surface area contributed by atoms with Crippen molar-refractivity contribution in [2.45, 2.75) is 39.0 Å². The summed E-state index contributed by atoms with van der Waals surface area (Å²) in [6.45, 7) is 2.37. The average molecular weight is 449 g/mol. The highest BCUT2D eigenvalue weighted by atomic mass is 79.9. The molecule has 1 atom stereocenters. The summed E-state index contributed by atoms with van der Waals surface area (Å²) < 4.78 is 28.3. The van der Waals surface area contributed by atoms with E-state index in [9.17, 15) is 18.5 Å². The lowest BCUT2D eigenvalue weighted by Gasteiger charge is -2.18. The fraction of sp³-hybridized carbons (Fsp3) is 0.647. The quantitative estimate of drug-likeness (QED) is 0.221. The van der Waals surface area contributed by atoms with Crippen molar-refractivity contribution in [1.82, 2.24) is 0 Å². The van der Waals surface area contributed by atoms with Crippen LogP contribution < -0.4 is 5.32 Å². The highest BCUT2D eigenvalue weighted by molar-refractivity contribution is 9.10. The van der Waals surface area contributed by atoms with Crippen molar-refractivity contribution in [2.75, 3.05) is 24.2 Å². The van der Waals surface area contributed by atoms with Crippen molar-refractivity contribution in [3.8, 4) is 0 Å². The van der Waals surface area contributed by atoms with Gasteiger partial charge in [-0.15, -0.1) is 0 Å². The summed E-state index contributed by atoms with van der Waals surface area (Å²) in [7, 11) is -3.40. The van der Waals surface area contributed by atoms with E-state index in [4.69, 9.17) is 4.18 Å². The Morgan fingerprint density at radius 1 is 1.42 bits per heavy atom. The molecule has 0 heterocycles. The van der Waals surface area contributed by atoms with Gasteiger partial charge in [-0.3, -0.25) is 14.3 Å². The lowest BCUT2D eigenvalue weighted by atomic mass is 9.96. The first kappa shape index (κ1) is 21.1. The Kier molecular flexibility index (Phi) is 7.85. The number of nitro groups is 1. The van der Waals surface area contributed by atoms with Crippen LogP contribution in [0, 0.1) is 22.0 Å². The minimum Gasteiger partial charge on any atom is -0.379 e. The van der Waals surface area contributed by atoms with Gasteiger partial charge in [-0.05, 0) is 50.2 Å². The SMILES string of the molecule is CCS(=O)(=O)OCCC[C@H](CNc1ccc(Br)cc1[N+](=O)[O-])CC1CC1. The van der Waals surface area contributed by atoms with Gasteiger partial charge >= 0.3 is 0 Å². The maximum atomic E-state index is 11.4. The van der Waals surface area contributed by atoms with E-state index in [1.165, 1.54) is 18.9 Å². The molecule has 9 heteroatoms. The molecule has 1 saturated carbocycles. The standard InChI is InChI=1S/C17H25BrN2O5S/c1-2-26(23,24)25-9-3-4-14(10-13-5-6-13)12-19-16-8-7-15(18)11-17(16)20(21)22/h7-8,11,13-14,19H,2-6,9-10,12H2,1H3/t14-/m0/s1. The number of halogens is 1. The number of anilines is 1. The summed E-state index contributed by atoms with van der Waals surface area (Å²) in [6, 6.07) is 4.96. The molecule has 0 saturated heterocycles. The number of hydrogen-bond donors (Lipinski definition) is 1. The predicted octanol–water partition coefficient (Wildman–Crippen LogP) is 4.33. The van der Waals surface area contributed by atoms with E-state index in [0.29, 0.717) is 29.0 Å². The van der Waals surface area contributed by atoms with Gasteiger partial charge in [-0.25, -0.2) is 0 Å². The Morgan fingerprint density at radius 3 is 2.77 bits per heavy atom. The van der Waals surface area contributed by atoms with Gasteiger partial charge in [0.15, 0.2) is 0 Å². The van der Waals surface area contributed by atoms with Gasteiger partial charge in [0.2, 0.25) is 0 Å². The zero-order valence-corrected chi connectivity index (χ0v) is 17.2. The third-order valence-corrected chi connectivity index (χ3v) is 6.20. The number of nitro benzene ring substituents is 1. The Morgan fingerprint density at radius 2 is 2.15 bits per heavy atom. The summed E-state index contributed by atoms with van der Waals surface area (Å²) in [5.41, 5.74) is 0.547. The van der Waals surface area contributed by atoms with E-state index in [0.717, 1.165) is 18.8 Å². The minimum atomic E-state index is -3.40. The Bertz CT molecular complexity index is 722. The average Bonchev–Trinajstić information content (AvgIpc) is 3.41. The molecule has 0 aliphatic heterocycles. The van der Waals surface area contributed by atoms with E-state index in [1.54, 1.807) is 19.1 Å².